The van der Waals surface area contributed by atoms with Gasteiger partial charge in [-0.3, -0.25) is 9.59 Å². The van der Waals surface area contributed by atoms with Crippen LogP contribution >= 0.6 is 0 Å². The van der Waals surface area contributed by atoms with Gasteiger partial charge in [0.25, 0.3) is 0 Å². The van der Waals surface area contributed by atoms with Crippen molar-refractivity contribution < 1.29 is 34.2 Å². The van der Waals surface area contributed by atoms with Crippen molar-refractivity contribution in [3.05, 3.63) is 0 Å². The molecule has 0 bridgehead atoms. The SMILES string of the molecule is C[C@H](NC(=O)N[C@@H](C)C(=O)N1CCC[C@H]1C(=O)O)C(=O)N1CCC[C@H]1C(=O)O. The van der Waals surface area contributed by atoms with Gasteiger partial charge in [-0.05, 0) is 39.5 Å². The molecular weight excluding hydrogens is 372 g/mol. The molecule has 11 nitrogen and oxygen atoms in total. The number of nitrogens with zero attached hydrogens (tertiary/aromatic N) is 2. The number of rotatable bonds is 6. The molecule has 0 aromatic heterocycles. The molecule has 0 aromatic rings. The molecule has 4 atom stereocenters. The fraction of sp³-hybridized carbons (Fsp3) is 0.706. The molecule has 0 radical (unpaired) electrons. The summed E-state index contributed by atoms with van der Waals surface area (Å²) >= 11 is 0. The van der Waals surface area contributed by atoms with Gasteiger partial charge in [-0.1, -0.05) is 0 Å². The van der Waals surface area contributed by atoms with E-state index in [0.29, 0.717) is 38.8 Å². The normalized spacial score (nSPS) is 23.8. The number of urea groups is 1. The average molecular weight is 398 g/mol. The molecule has 0 unspecified atom stereocenters. The van der Waals surface area contributed by atoms with E-state index in [-0.39, 0.29) is 0 Å². The molecule has 11 heteroatoms. The summed E-state index contributed by atoms with van der Waals surface area (Å²) in [4.78, 5) is 61.8. The third-order valence-electron chi connectivity index (χ3n) is 5.08. The number of aliphatic carboxylic acids is 2. The Hall–Kier alpha value is -2.85. The Labute approximate surface area is 162 Å². The molecular formula is C17H26N4O7. The number of hydrogen-bond donors (Lipinski definition) is 4. The second-order valence-corrected chi connectivity index (χ2v) is 7.12. The second kappa shape index (κ2) is 8.89. The Kier molecular flexibility index (Phi) is 6.81. The average Bonchev–Trinajstić information content (AvgIpc) is 3.29. The lowest BCUT2D eigenvalue weighted by Gasteiger charge is -2.27. The van der Waals surface area contributed by atoms with Crippen LogP contribution in [0.1, 0.15) is 39.5 Å². The first kappa shape index (κ1) is 21.5. The highest BCUT2D eigenvalue weighted by atomic mass is 16.4. The summed E-state index contributed by atoms with van der Waals surface area (Å²) in [5.74, 6) is -3.19. The van der Waals surface area contributed by atoms with E-state index in [2.05, 4.69) is 10.6 Å². The Morgan fingerprint density at radius 2 is 1.14 bits per heavy atom. The van der Waals surface area contributed by atoms with Crippen LogP contribution in [-0.4, -0.2) is 87.1 Å². The van der Waals surface area contributed by atoms with Gasteiger partial charge in [0.05, 0.1) is 0 Å². The van der Waals surface area contributed by atoms with Crippen LogP contribution in [0.3, 0.4) is 0 Å². The van der Waals surface area contributed by atoms with E-state index in [0.717, 1.165) is 0 Å². The van der Waals surface area contributed by atoms with E-state index in [4.69, 9.17) is 10.2 Å². The van der Waals surface area contributed by atoms with Crippen molar-refractivity contribution in [3.8, 4) is 0 Å². The topological polar surface area (TPSA) is 156 Å². The third kappa shape index (κ3) is 4.70. The van der Waals surface area contributed by atoms with Crippen molar-refractivity contribution in [1.29, 1.82) is 0 Å². The van der Waals surface area contributed by atoms with E-state index in [1.54, 1.807) is 0 Å². The quantitative estimate of drug-likeness (QED) is 0.457. The van der Waals surface area contributed by atoms with Crippen LogP contribution in [0.4, 0.5) is 4.79 Å². The maximum atomic E-state index is 12.4. The van der Waals surface area contributed by atoms with Crippen LogP contribution in [0.5, 0.6) is 0 Å². The van der Waals surface area contributed by atoms with Crippen LogP contribution in [0.25, 0.3) is 0 Å². The summed E-state index contributed by atoms with van der Waals surface area (Å²) in [5.41, 5.74) is 0. The van der Waals surface area contributed by atoms with Crippen molar-refractivity contribution >= 4 is 29.8 Å². The van der Waals surface area contributed by atoms with Gasteiger partial charge >= 0.3 is 18.0 Å². The molecule has 4 N–H and O–H groups in total. The molecule has 4 amide bonds. The zero-order valence-corrected chi connectivity index (χ0v) is 15.9. The standard InChI is InChI=1S/C17H26N4O7/c1-9(13(22)20-7-3-5-11(20)15(24)25)18-17(28)19-10(2)14(23)21-8-4-6-12(21)16(26)27/h9-12H,3-8H2,1-2H3,(H,24,25)(H,26,27)(H2,18,19,28)/t9-,10-,11-,12-/m0/s1. The van der Waals surface area contributed by atoms with Gasteiger partial charge in [0, 0.05) is 13.1 Å². The van der Waals surface area contributed by atoms with Crippen molar-refractivity contribution in [2.45, 2.75) is 63.7 Å². The minimum atomic E-state index is -1.08. The minimum absolute atomic E-state index is 0.309. The number of carboxylic acids is 2. The largest absolute Gasteiger partial charge is 0.480 e. The van der Waals surface area contributed by atoms with Gasteiger partial charge < -0.3 is 30.6 Å². The van der Waals surface area contributed by atoms with Crippen LogP contribution in [0.15, 0.2) is 0 Å². The molecule has 2 saturated heterocycles. The molecule has 2 heterocycles. The lowest BCUT2D eigenvalue weighted by molar-refractivity contribution is -0.148. The molecule has 0 spiro atoms. The molecule has 2 aliphatic rings. The highest BCUT2D eigenvalue weighted by molar-refractivity contribution is 5.93. The number of amides is 4. The van der Waals surface area contributed by atoms with E-state index in [9.17, 15) is 24.0 Å². The first-order valence-electron chi connectivity index (χ1n) is 9.27. The summed E-state index contributed by atoms with van der Waals surface area (Å²) in [7, 11) is 0. The summed E-state index contributed by atoms with van der Waals surface area (Å²) in [5, 5.41) is 23.1. The Balaban J connectivity index is 1.88. The summed E-state index contributed by atoms with van der Waals surface area (Å²) in [6, 6.07) is -4.51. The smallest absolute Gasteiger partial charge is 0.326 e. The van der Waals surface area contributed by atoms with E-state index in [1.165, 1.54) is 23.6 Å². The van der Waals surface area contributed by atoms with E-state index >= 15 is 0 Å². The molecule has 0 aromatic carbocycles. The summed E-state index contributed by atoms with van der Waals surface area (Å²) in [6.07, 6.45) is 1.89. The van der Waals surface area contributed by atoms with E-state index < -0.39 is 54.0 Å². The van der Waals surface area contributed by atoms with Gasteiger partial charge in [-0.15, -0.1) is 0 Å². The monoisotopic (exact) mass is 398 g/mol. The summed E-state index contributed by atoms with van der Waals surface area (Å²) < 4.78 is 0. The van der Waals surface area contributed by atoms with Gasteiger partial charge in [0.1, 0.15) is 24.2 Å². The van der Waals surface area contributed by atoms with Crippen molar-refractivity contribution in [2.75, 3.05) is 13.1 Å². The van der Waals surface area contributed by atoms with Gasteiger partial charge in [0.15, 0.2) is 0 Å². The molecule has 2 aliphatic heterocycles. The number of carbonyl (C=O) groups excluding carboxylic acids is 3. The Bertz CT molecular complexity index is 614. The third-order valence-corrected chi connectivity index (χ3v) is 5.08. The maximum absolute atomic E-state index is 12.4. The molecule has 28 heavy (non-hydrogen) atoms. The molecule has 0 saturated carbocycles. The van der Waals surface area contributed by atoms with Crippen LogP contribution in [-0.2, 0) is 19.2 Å². The highest BCUT2D eigenvalue weighted by Gasteiger charge is 2.38. The number of carbonyl (C=O) groups is 5. The van der Waals surface area contributed by atoms with Gasteiger partial charge in [-0.2, -0.15) is 0 Å². The van der Waals surface area contributed by atoms with Gasteiger partial charge in [-0.25, -0.2) is 14.4 Å². The van der Waals surface area contributed by atoms with Crippen LogP contribution < -0.4 is 10.6 Å². The van der Waals surface area contributed by atoms with Crippen LogP contribution in [0, 0.1) is 0 Å². The summed E-state index contributed by atoms with van der Waals surface area (Å²) in [6.45, 7) is 3.49. The number of likely N-dealkylation sites (tertiary alicyclic amines) is 2. The zero-order valence-electron chi connectivity index (χ0n) is 15.9. The lowest BCUT2D eigenvalue weighted by Crippen LogP contribution is -2.56. The molecule has 2 rings (SSSR count). The van der Waals surface area contributed by atoms with Crippen molar-refractivity contribution in [3.63, 3.8) is 0 Å². The molecule has 2 fully saturated rings. The zero-order chi connectivity index (χ0) is 21.0. The highest BCUT2D eigenvalue weighted by Crippen LogP contribution is 2.19. The fourth-order valence-electron chi connectivity index (χ4n) is 3.63. The lowest BCUT2D eigenvalue weighted by atomic mass is 10.2. The van der Waals surface area contributed by atoms with Gasteiger partial charge in [0.2, 0.25) is 11.8 Å². The fourth-order valence-corrected chi connectivity index (χ4v) is 3.63. The number of hydrogen-bond acceptors (Lipinski definition) is 5. The predicted molar refractivity (Wildman–Crippen MR) is 95.3 cm³/mol. The number of nitrogens with one attached hydrogen (secondary N) is 2. The Morgan fingerprint density at radius 1 is 0.786 bits per heavy atom. The Morgan fingerprint density at radius 3 is 1.46 bits per heavy atom. The first-order chi connectivity index (χ1) is 13.1. The molecule has 0 aliphatic carbocycles. The molecule has 156 valence electrons. The first-order valence-corrected chi connectivity index (χ1v) is 9.27. The number of carboxylic acid groups (broad SMARTS) is 2. The van der Waals surface area contributed by atoms with E-state index in [1.807, 2.05) is 0 Å². The van der Waals surface area contributed by atoms with Crippen LogP contribution in [0.2, 0.25) is 0 Å². The van der Waals surface area contributed by atoms with Crippen molar-refractivity contribution in [2.24, 2.45) is 0 Å². The minimum Gasteiger partial charge on any atom is -0.480 e. The maximum Gasteiger partial charge on any atom is 0.326 e. The second-order valence-electron chi connectivity index (χ2n) is 7.12. The van der Waals surface area contributed by atoms with Crippen molar-refractivity contribution in [1.82, 2.24) is 20.4 Å². The predicted octanol–water partition coefficient (Wildman–Crippen LogP) is -0.786.